The van der Waals surface area contributed by atoms with Crippen LogP contribution in [-0.4, -0.2) is 9.55 Å². The van der Waals surface area contributed by atoms with Crippen LogP contribution < -0.4 is 0 Å². The van der Waals surface area contributed by atoms with Crippen molar-refractivity contribution in [3.05, 3.63) is 47.9 Å². The van der Waals surface area contributed by atoms with E-state index in [0.717, 1.165) is 35.5 Å². The van der Waals surface area contributed by atoms with E-state index >= 15 is 0 Å². The number of allylic oxidation sites excluding steroid dienone is 4. The van der Waals surface area contributed by atoms with E-state index in [1.54, 1.807) is 44.1 Å². The van der Waals surface area contributed by atoms with E-state index in [-0.39, 0.29) is 12.4 Å². The van der Waals surface area contributed by atoms with Gasteiger partial charge in [0.2, 0.25) is 0 Å². The van der Waals surface area contributed by atoms with Crippen molar-refractivity contribution in [2.24, 2.45) is 41.4 Å². The van der Waals surface area contributed by atoms with Gasteiger partial charge >= 0.3 is 0 Å². The minimum absolute atomic E-state index is 0. The summed E-state index contributed by atoms with van der Waals surface area (Å²) in [4.78, 5) is 4.50. The number of nitrogens with zero attached hydrogens (tertiary/aromatic N) is 2. The van der Waals surface area contributed by atoms with E-state index in [9.17, 15) is 0 Å². The smallest absolute Gasteiger partial charge is 0.0524 e. The molecule has 3 heterocycles. The Labute approximate surface area is 204 Å². The first-order valence-electron chi connectivity index (χ1n) is 13.7. The number of aryl methyl sites for hydroxylation is 1. The number of fused-ring (bicyclic) bond motifs is 5. The normalized spacial score (nSPS) is 40.1. The average molecular weight is 461 g/mol. The van der Waals surface area contributed by atoms with Crippen LogP contribution in [0.2, 0.25) is 0 Å². The Hall–Kier alpha value is -1.54. The van der Waals surface area contributed by atoms with Gasteiger partial charge in [-0.2, -0.15) is 0 Å². The second kappa shape index (κ2) is 7.74. The summed E-state index contributed by atoms with van der Waals surface area (Å²) in [6.45, 7) is 0. The van der Waals surface area contributed by atoms with Crippen LogP contribution in [0.25, 0.3) is 16.5 Å². The molecule has 33 heavy (non-hydrogen) atoms. The maximum Gasteiger partial charge on any atom is 0.0524 e. The molecular weight excluding hydrogens is 424 g/mol. The van der Waals surface area contributed by atoms with Gasteiger partial charge in [-0.1, -0.05) is 18.2 Å². The van der Waals surface area contributed by atoms with Crippen molar-refractivity contribution < 1.29 is 0 Å². The van der Waals surface area contributed by atoms with E-state index < -0.39 is 0 Å². The van der Waals surface area contributed by atoms with Crippen molar-refractivity contribution in [2.75, 3.05) is 0 Å². The molecule has 3 unspecified atom stereocenters. The molecule has 0 saturated heterocycles. The zero-order valence-corrected chi connectivity index (χ0v) is 20.5. The Bertz CT molecular complexity index is 1110. The summed E-state index contributed by atoms with van der Waals surface area (Å²) in [5.74, 6) is 7.11. The molecule has 5 saturated carbocycles. The van der Waals surface area contributed by atoms with Gasteiger partial charge in [0.1, 0.15) is 0 Å². The van der Waals surface area contributed by atoms with Crippen LogP contribution in [0.15, 0.2) is 36.7 Å². The largest absolute Gasteiger partial charge is 0.336 e. The van der Waals surface area contributed by atoms with E-state index in [2.05, 4.69) is 40.0 Å². The molecule has 2 aromatic heterocycles. The predicted octanol–water partition coefficient (Wildman–Crippen LogP) is 7.78. The van der Waals surface area contributed by atoms with Crippen molar-refractivity contribution in [1.82, 2.24) is 9.55 Å². The third-order valence-corrected chi connectivity index (χ3v) is 10.8. The van der Waals surface area contributed by atoms with Gasteiger partial charge in [0, 0.05) is 23.8 Å². The second-order valence-corrected chi connectivity index (χ2v) is 12.4. The molecule has 6 aliphatic carbocycles. The third-order valence-electron chi connectivity index (χ3n) is 10.8. The standard InChI is InChI=1S/C30H36N2.ClH/c1-2-21-5-6-22-11-18(16-26-23-12-19-10-20(14-23)15-24(26)13-19)4-7-28(22)32-29-8-9-31-17-27(29)25(3-1)30(21)32;/h2,5-6,8-9,17-20,22-24,26,28H,1,3-4,7,10-16H2;1H. The Morgan fingerprint density at radius 1 is 0.970 bits per heavy atom. The number of halogens is 1. The molecule has 2 aromatic rings. The van der Waals surface area contributed by atoms with Crippen LogP contribution >= 0.6 is 12.4 Å². The summed E-state index contributed by atoms with van der Waals surface area (Å²) in [7, 11) is 0. The van der Waals surface area contributed by atoms with E-state index in [0.29, 0.717) is 12.0 Å². The van der Waals surface area contributed by atoms with Gasteiger partial charge in [0.15, 0.2) is 0 Å². The minimum atomic E-state index is 0. The summed E-state index contributed by atoms with van der Waals surface area (Å²) in [6, 6.07) is 2.92. The fourth-order valence-corrected chi connectivity index (χ4v) is 9.81. The lowest BCUT2D eigenvalue weighted by molar-refractivity contribution is -0.0489. The second-order valence-electron chi connectivity index (χ2n) is 12.4. The lowest BCUT2D eigenvalue weighted by Gasteiger charge is -2.55. The lowest BCUT2D eigenvalue weighted by Crippen LogP contribution is -2.45. The average Bonchev–Trinajstić information content (AvgIpc) is 3.05. The van der Waals surface area contributed by atoms with Gasteiger partial charge in [-0.25, -0.2) is 0 Å². The van der Waals surface area contributed by atoms with Gasteiger partial charge in [-0.15, -0.1) is 12.4 Å². The van der Waals surface area contributed by atoms with Gasteiger partial charge in [0.25, 0.3) is 0 Å². The maximum atomic E-state index is 4.50. The first-order chi connectivity index (χ1) is 15.8. The Morgan fingerprint density at radius 3 is 2.61 bits per heavy atom. The van der Waals surface area contributed by atoms with Crippen LogP contribution in [-0.2, 0) is 6.42 Å². The fraction of sp³-hybridized carbons (Fsp3) is 0.633. The Balaban J connectivity index is 0.00000190. The number of hydrogen-bond donors (Lipinski definition) is 0. The monoisotopic (exact) mass is 460 g/mol. The summed E-state index contributed by atoms with van der Waals surface area (Å²) in [5, 5.41) is 1.41. The van der Waals surface area contributed by atoms with Gasteiger partial charge in [-0.3, -0.25) is 4.98 Å². The van der Waals surface area contributed by atoms with Crippen LogP contribution in [0, 0.1) is 41.4 Å². The number of pyridine rings is 1. The van der Waals surface area contributed by atoms with E-state index in [1.807, 2.05) is 6.20 Å². The fourth-order valence-electron chi connectivity index (χ4n) is 9.81. The minimum Gasteiger partial charge on any atom is -0.336 e. The van der Waals surface area contributed by atoms with Crippen LogP contribution in [0.3, 0.4) is 0 Å². The molecular formula is C30H37ClN2. The van der Waals surface area contributed by atoms with Crippen molar-refractivity contribution in [2.45, 2.75) is 76.7 Å². The van der Waals surface area contributed by atoms with Crippen molar-refractivity contribution in [3.8, 4) is 0 Å². The van der Waals surface area contributed by atoms with Gasteiger partial charge < -0.3 is 4.57 Å². The number of hydrogen-bond acceptors (Lipinski definition) is 1. The van der Waals surface area contributed by atoms with Crippen LogP contribution in [0.5, 0.6) is 0 Å². The molecule has 0 spiro atoms. The van der Waals surface area contributed by atoms with E-state index in [1.165, 1.54) is 54.3 Å². The predicted molar refractivity (Wildman–Crippen MR) is 137 cm³/mol. The molecule has 174 valence electrons. The molecule has 3 heteroatoms. The molecule has 7 aliphatic rings. The van der Waals surface area contributed by atoms with Crippen molar-refractivity contribution in [3.63, 3.8) is 0 Å². The molecule has 4 bridgehead atoms. The quantitative estimate of drug-likeness (QED) is 0.447. The first-order valence-corrected chi connectivity index (χ1v) is 13.7. The van der Waals surface area contributed by atoms with Gasteiger partial charge in [-0.05, 0) is 129 Å². The summed E-state index contributed by atoms with van der Waals surface area (Å²) in [5.41, 5.74) is 6.01. The van der Waals surface area contributed by atoms with Crippen LogP contribution in [0.1, 0.15) is 81.5 Å². The highest BCUT2D eigenvalue weighted by molar-refractivity contribution is 5.93. The SMILES string of the molecule is C1=CC2CC(CC3C4CC5CC(C4)CC3C5)CCC2n2c3c(c4cnccc42)CCC=C13.Cl. The first kappa shape index (κ1) is 20.8. The van der Waals surface area contributed by atoms with Gasteiger partial charge in [0.05, 0.1) is 11.2 Å². The molecule has 2 nitrogen and oxygen atoms in total. The molecule has 0 N–H and O–H groups in total. The molecule has 0 amide bonds. The highest BCUT2D eigenvalue weighted by Gasteiger charge is 2.49. The molecule has 0 radical (unpaired) electrons. The molecule has 0 aromatic carbocycles. The molecule has 3 atom stereocenters. The van der Waals surface area contributed by atoms with E-state index in [4.69, 9.17) is 0 Å². The zero-order chi connectivity index (χ0) is 20.8. The number of aromatic nitrogens is 2. The zero-order valence-electron chi connectivity index (χ0n) is 19.7. The van der Waals surface area contributed by atoms with Crippen molar-refractivity contribution >= 4 is 28.9 Å². The third kappa shape index (κ3) is 3.08. The highest BCUT2D eigenvalue weighted by Crippen LogP contribution is 2.59. The highest BCUT2D eigenvalue weighted by atomic mass is 35.5. The molecule has 1 aliphatic heterocycles. The Kier molecular flexibility index (Phi) is 4.88. The summed E-state index contributed by atoms with van der Waals surface area (Å²) < 4.78 is 2.76. The van der Waals surface area contributed by atoms with Crippen LogP contribution in [0.4, 0.5) is 0 Å². The Morgan fingerprint density at radius 2 is 1.79 bits per heavy atom. The number of rotatable bonds is 2. The lowest BCUT2D eigenvalue weighted by atomic mass is 9.50. The maximum absolute atomic E-state index is 4.50. The van der Waals surface area contributed by atoms with Crippen molar-refractivity contribution in [1.29, 1.82) is 0 Å². The molecule has 9 rings (SSSR count). The molecule has 5 fully saturated rings. The topological polar surface area (TPSA) is 17.8 Å². The summed E-state index contributed by atoms with van der Waals surface area (Å²) in [6.07, 6.45) is 27.8. The summed E-state index contributed by atoms with van der Waals surface area (Å²) >= 11 is 0.